The van der Waals surface area contributed by atoms with E-state index in [1.54, 1.807) is 0 Å². The van der Waals surface area contributed by atoms with Gasteiger partial charge in [-0.1, -0.05) is 18.2 Å². The number of hydrogen-bond acceptors (Lipinski definition) is 2. The molecule has 1 aromatic carbocycles. The van der Waals surface area contributed by atoms with Crippen LogP contribution < -0.4 is 0 Å². The van der Waals surface area contributed by atoms with Gasteiger partial charge in [0, 0.05) is 37.1 Å². The quantitative estimate of drug-likeness (QED) is 0.942. The van der Waals surface area contributed by atoms with Gasteiger partial charge in [-0.05, 0) is 37.8 Å². The number of nitrogens with zero attached hydrogens (tertiary/aromatic N) is 2. The minimum Gasteiger partial charge on any atom is -0.396 e. The second-order valence-electron chi connectivity index (χ2n) is 5.77. The number of hydrogen-bond donors (Lipinski definition) is 1. The van der Waals surface area contributed by atoms with Crippen molar-refractivity contribution in [2.24, 2.45) is 5.92 Å². The number of para-hydroxylation sites is 1. The fraction of sp³-hybridized carbons (Fsp3) is 0.471. The number of likely N-dealkylation sites (tertiary alicyclic amines) is 1. The van der Waals surface area contributed by atoms with Crippen LogP contribution in [0.5, 0.6) is 0 Å². The van der Waals surface area contributed by atoms with Crippen LogP contribution in [0.2, 0.25) is 0 Å². The molecule has 2 aromatic rings. The van der Waals surface area contributed by atoms with Crippen LogP contribution in [0.3, 0.4) is 0 Å². The highest BCUT2D eigenvalue weighted by molar-refractivity contribution is 5.98. The highest BCUT2D eigenvalue weighted by Crippen LogP contribution is 2.23. The van der Waals surface area contributed by atoms with Gasteiger partial charge in [0.15, 0.2) is 0 Å². The van der Waals surface area contributed by atoms with Gasteiger partial charge >= 0.3 is 0 Å². The lowest BCUT2D eigenvalue weighted by Gasteiger charge is -2.32. The van der Waals surface area contributed by atoms with E-state index in [9.17, 15) is 9.90 Å². The van der Waals surface area contributed by atoms with Gasteiger partial charge in [-0.2, -0.15) is 0 Å². The molecule has 1 aromatic heterocycles. The number of benzene rings is 1. The Balaban J connectivity index is 1.94. The van der Waals surface area contributed by atoms with Crippen molar-refractivity contribution in [1.82, 2.24) is 9.47 Å². The lowest BCUT2D eigenvalue weighted by Crippen LogP contribution is -2.41. The second kappa shape index (κ2) is 5.90. The number of carbonyl (C=O) groups is 1. The molecule has 1 unspecified atom stereocenters. The van der Waals surface area contributed by atoms with Crippen molar-refractivity contribution in [2.45, 2.75) is 26.3 Å². The standard InChI is InChI=1S/C17H22N2O2/c1-2-19-15-8-4-3-7-14(15)10-16(19)17(21)18-9-5-6-13(11-18)12-20/h3-4,7-8,10,13,20H,2,5-6,9,11-12H2,1H3. The van der Waals surface area contributed by atoms with E-state index in [0.717, 1.165) is 42.5 Å². The Morgan fingerprint density at radius 3 is 2.95 bits per heavy atom. The maximum atomic E-state index is 12.8. The van der Waals surface area contributed by atoms with Gasteiger partial charge < -0.3 is 14.6 Å². The Morgan fingerprint density at radius 1 is 1.38 bits per heavy atom. The smallest absolute Gasteiger partial charge is 0.270 e. The Labute approximate surface area is 125 Å². The van der Waals surface area contributed by atoms with Crippen LogP contribution in [0, 0.1) is 5.92 Å². The van der Waals surface area contributed by atoms with Gasteiger partial charge in [0.05, 0.1) is 0 Å². The minimum atomic E-state index is 0.0891. The molecule has 0 bridgehead atoms. The number of aromatic nitrogens is 1. The summed E-state index contributed by atoms with van der Waals surface area (Å²) in [6.45, 7) is 4.48. The van der Waals surface area contributed by atoms with Crippen molar-refractivity contribution in [3.05, 3.63) is 36.0 Å². The molecule has 4 nitrogen and oxygen atoms in total. The van der Waals surface area contributed by atoms with Gasteiger partial charge in [-0.15, -0.1) is 0 Å². The average molecular weight is 286 g/mol. The molecule has 1 atom stereocenters. The summed E-state index contributed by atoms with van der Waals surface area (Å²) in [7, 11) is 0. The van der Waals surface area contributed by atoms with E-state index in [1.165, 1.54) is 0 Å². The Morgan fingerprint density at radius 2 is 2.19 bits per heavy atom. The molecule has 0 aliphatic carbocycles. The fourth-order valence-corrected chi connectivity index (χ4v) is 3.29. The Bertz CT molecular complexity index is 647. The third-order valence-corrected chi connectivity index (χ3v) is 4.41. The molecule has 1 aliphatic heterocycles. The number of amides is 1. The van der Waals surface area contributed by atoms with Crippen molar-refractivity contribution in [2.75, 3.05) is 19.7 Å². The predicted octanol–water partition coefficient (Wildman–Crippen LogP) is 2.51. The van der Waals surface area contributed by atoms with E-state index in [4.69, 9.17) is 0 Å². The summed E-state index contributed by atoms with van der Waals surface area (Å²) in [6, 6.07) is 10.1. The van der Waals surface area contributed by atoms with Crippen LogP contribution in [-0.2, 0) is 6.54 Å². The molecule has 1 amide bonds. The molecular weight excluding hydrogens is 264 g/mol. The summed E-state index contributed by atoms with van der Waals surface area (Å²) in [5.41, 5.74) is 1.87. The number of aryl methyl sites for hydroxylation is 1. The maximum absolute atomic E-state index is 12.8. The summed E-state index contributed by atoms with van der Waals surface area (Å²) in [4.78, 5) is 14.7. The normalized spacial score (nSPS) is 19.1. The molecule has 0 spiro atoms. The first-order valence-corrected chi connectivity index (χ1v) is 7.73. The van der Waals surface area contributed by atoms with E-state index < -0.39 is 0 Å². The van der Waals surface area contributed by atoms with Crippen LogP contribution in [-0.4, -0.2) is 40.2 Å². The van der Waals surface area contributed by atoms with Gasteiger partial charge in [-0.25, -0.2) is 0 Å². The molecule has 1 saturated heterocycles. The topological polar surface area (TPSA) is 45.5 Å². The summed E-state index contributed by atoms with van der Waals surface area (Å²) in [6.07, 6.45) is 1.99. The zero-order chi connectivity index (χ0) is 14.8. The molecule has 1 fully saturated rings. The molecule has 2 heterocycles. The number of carbonyl (C=O) groups excluding carboxylic acids is 1. The second-order valence-corrected chi connectivity index (χ2v) is 5.77. The number of rotatable bonds is 3. The number of aliphatic hydroxyl groups excluding tert-OH is 1. The Kier molecular flexibility index (Phi) is 3.97. The molecule has 4 heteroatoms. The SMILES string of the molecule is CCn1c(C(=O)N2CCCC(CO)C2)cc2ccccc21. The summed E-state index contributed by atoms with van der Waals surface area (Å²) in [5.74, 6) is 0.313. The van der Waals surface area contributed by atoms with Gasteiger partial charge in [0.2, 0.25) is 0 Å². The van der Waals surface area contributed by atoms with Crippen LogP contribution in [0.1, 0.15) is 30.3 Å². The molecule has 0 saturated carbocycles. The molecule has 21 heavy (non-hydrogen) atoms. The first kappa shape index (κ1) is 14.1. The first-order chi connectivity index (χ1) is 10.2. The maximum Gasteiger partial charge on any atom is 0.270 e. The van der Waals surface area contributed by atoms with Crippen molar-refractivity contribution >= 4 is 16.8 Å². The van der Waals surface area contributed by atoms with E-state index >= 15 is 0 Å². The summed E-state index contributed by atoms with van der Waals surface area (Å²) < 4.78 is 2.08. The van der Waals surface area contributed by atoms with E-state index in [0.29, 0.717) is 6.54 Å². The minimum absolute atomic E-state index is 0.0891. The van der Waals surface area contributed by atoms with Crippen LogP contribution >= 0.6 is 0 Å². The molecule has 1 N–H and O–H groups in total. The van der Waals surface area contributed by atoms with Crippen molar-refractivity contribution < 1.29 is 9.90 Å². The molecule has 3 rings (SSSR count). The van der Waals surface area contributed by atoms with E-state index in [1.807, 2.05) is 29.2 Å². The number of aliphatic hydroxyl groups is 1. The van der Waals surface area contributed by atoms with Crippen LogP contribution in [0.15, 0.2) is 30.3 Å². The number of fused-ring (bicyclic) bond motifs is 1. The molecule has 0 radical (unpaired) electrons. The fourth-order valence-electron chi connectivity index (χ4n) is 3.29. The van der Waals surface area contributed by atoms with Crippen LogP contribution in [0.25, 0.3) is 10.9 Å². The van der Waals surface area contributed by atoms with Gasteiger partial charge in [0.25, 0.3) is 5.91 Å². The highest BCUT2D eigenvalue weighted by atomic mass is 16.3. The third-order valence-electron chi connectivity index (χ3n) is 4.41. The zero-order valence-electron chi connectivity index (χ0n) is 12.5. The third kappa shape index (κ3) is 2.56. The van der Waals surface area contributed by atoms with Gasteiger partial charge in [0.1, 0.15) is 5.69 Å². The first-order valence-electron chi connectivity index (χ1n) is 7.73. The van der Waals surface area contributed by atoms with E-state index in [2.05, 4.69) is 17.6 Å². The van der Waals surface area contributed by atoms with Gasteiger partial charge in [-0.3, -0.25) is 4.79 Å². The molecular formula is C17H22N2O2. The lowest BCUT2D eigenvalue weighted by molar-refractivity contribution is 0.0611. The lowest BCUT2D eigenvalue weighted by atomic mass is 9.99. The highest BCUT2D eigenvalue weighted by Gasteiger charge is 2.26. The number of piperidine rings is 1. The van der Waals surface area contributed by atoms with Crippen LogP contribution in [0.4, 0.5) is 0 Å². The van der Waals surface area contributed by atoms with Crippen molar-refractivity contribution in [3.63, 3.8) is 0 Å². The zero-order valence-corrected chi connectivity index (χ0v) is 12.5. The summed E-state index contributed by atoms with van der Waals surface area (Å²) in [5, 5.41) is 10.4. The molecule has 1 aliphatic rings. The van der Waals surface area contributed by atoms with Crippen molar-refractivity contribution in [3.8, 4) is 0 Å². The summed E-state index contributed by atoms with van der Waals surface area (Å²) >= 11 is 0. The Hall–Kier alpha value is -1.81. The predicted molar refractivity (Wildman–Crippen MR) is 83.3 cm³/mol. The largest absolute Gasteiger partial charge is 0.396 e. The van der Waals surface area contributed by atoms with Crippen molar-refractivity contribution in [1.29, 1.82) is 0 Å². The van der Waals surface area contributed by atoms with E-state index in [-0.39, 0.29) is 18.4 Å². The monoisotopic (exact) mass is 286 g/mol. The molecule has 112 valence electrons. The average Bonchev–Trinajstić information content (AvgIpc) is 2.92.